The molecule has 8 aromatic rings. The van der Waals surface area contributed by atoms with Crippen molar-refractivity contribution < 1.29 is 39.6 Å². The maximum atomic E-state index is 11.5. The molecule has 2 aliphatic rings. The summed E-state index contributed by atoms with van der Waals surface area (Å²) in [5.41, 5.74) is 12.9. The van der Waals surface area contributed by atoms with Gasteiger partial charge in [0.05, 0.1) is 22.3 Å². The molecule has 0 heterocycles. The van der Waals surface area contributed by atoms with E-state index in [2.05, 4.69) is 95.9 Å². The SMILES string of the molecule is CC1CC2(c3ccc(-c4ccc(C(=O)O)cc4)cc3)CC(C)(c3ccc(-c4ccc(C(=O)O)cc4)cc3)CC(c3ccc(-c4ccc(C(=O)O)cc4)cc3)(C1)C2.O=C(O)c1ccc(-c2ccc(P)cc2)cc1. The molecule has 2 fully saturated rings. The zero-order chi connectivity index (χ0) is 50.8. The molecule has 3 atom stereocenters. The molecule has 2 aliphatic carbocycles. The van der Waals surface area contributed by atoms with Gasteiger partial charge in [0.25, 0.3) is 0 Å². The average molecular weight is 971 g/mol. The summed E-state index contributed by atoms with van der Waals surface area (Å²) >= 11 is 0. The number of fused-ring (bicyclic) bond motifs is 2. The highest BCUT2D eigenvalue weighted by molar-refractivity contribution is 7.27. The lowest BCUT2D eigenvalue weighted by Gasteiger charge is -2.61. The quantitative estimate of drug-likeness (QED) is 0.0936. The van der Waals surface area contributed by atoms with Crippen molar-refractivity contribution in [2.24, 2.45) is 5.92 Å². The number of hydrogen-bond donors (Lipinski definition) is 4. The van der Waals surface area contributed by atoms with Gasteiger partial charge in [-0.2, -0.15) is 0 Å². The largest absolute Gasteiger partial charge is 0.478 e. The van der Waals surface area contributed by atoms with Crippen LogP contribution in [0.1, 0.15) is 104 Å². The summed E-state index contributed by atoms with van der Waals surface area (Å²) in [6.45, 7) is 4.82. The molecule has 2 saturated carbocycles. The van der Waals surface area contributed by atoms with E-state index in [0.717, 1.165) is 81.9 Å². The summed E-state index contributed by atoms with van der Waals surface area (Å²) in [6, 6.07) is 62.8. The van der Waals surface area contributed by atoms with Crippen molar-refractivity contribution in [3.63, 3.8) is 0 Å². The first-order chi connectivity index (χ1) is 34.5. The zero-order valence-electron chi connectivity index (χ0n) is 40.1. The van der Waals surface area contributed by atoms with Crippen molar-refractivity contribution in [3.05, 3.63) is 233 Å². The number of benzene rings is 8. The van der Waals surface area contributed by atoms with Gasteiger partial charge in [0.2, 0.25) is 0 Å². The van der Waals surface area contributed by atoms with Crippen molar-refractivity contribution in [2.45, 2.75) is 62.2 Å². The molecule has 3 unspecified atom stereocenters. The van der Waals surface area contributed by atoms with Crippen molar-refractivity contribution in [1.82, 2.24) is 0 Å². The molecular weight excluding hydrogens is 916 g/mol. The third-order valence-electron chi connectivity index (χ3n) is 15.0. The van der Waals surface area contributed by atoms with Crippen LogP contribution in [0.5, 0.6) is 0 Å². The van der Waals surface area contributed by atoms with E-state index >= 15 is 0 Å². The van der Waals surface area contributed by atoms with E-state index in [1.54, 1.807) is 48.5 Å². The van der Waals surface area contributed by atoms with Crippen LogP contribution in [0.2, 0.25) is 0 Å². The molecule has 8 aromatic carbocycles. The summed E-state index contributed by atoms with van der Waals surface area (Å²) in [4.78, 5) is 45.1. The molecule has 0 aromatic heterocycles. The van der Waals surface area contributed by atoms with Gasteiger partial charge in [-0.05, 0) is 169 Å². The fraction of sp³-hybridized carbons (Fsp3) is 0.175. The lowest BCUT2D eigenvalue weighted by atomic mass is 9.43. The molecule has 72 heavy (non-hydrogen) atoms. The first kappa shape index (κ1) is 49.1. The van der Waals surface area contributed by atoms with Crippen molar-refractivity contribution in [3.8, 4) is 44.5 Å². The topological polar surface area (TPSA) is 149 Å². The zero-order valence-corrected chi connectivity index (χ0v) is 41.2. The van der Waals surface area contributed by atoms with Crippen LogP contribution in [0.4, 0.5) is 0 Å². The molecule has 9 heteroatoms. The normalized spacial score (nSPS) is 20.1. The molecule has 8 nitrogen and oxygen atoms in total. The van der Waals surface area contributed by atoms with E-state index < -0.39 is 23.9 Å². The van der Waals surface area contributed by atoms with Crippen molar-refractivity contribution >= 4 is 38.4 Å². The molecule has 0 aliphatic heterocycles. The van der Waals surface area contributed by atoms with Crippen molar-refractivity contribution in [1.29, 1.82) is 0 Å². The van der Waals surface area contributed by atoms with E-state index in [9.17, 15) is 34.5 Å². The monoisotopic (exact) mass is 970 g/mol. The smallest absolute Gasteiger partial charge is 0.335 e. The molecule has 4 N–H and O–H groups in total. The van der Waals surface area contributed by atoms with Gasteiger partial charge in [0.15, 0.2) is 0 Å². The van der Waals surface area contributed by atoms with E-state index in [1.807, 2.05) is 72.8 Å². The van der Waals surface area contributed by atoms with Crippen LogP contribution in [-0.2, 0) is 16.2 Å². The Morgan fingerprint density at radius 3 is 0.833 bits per heavy atom. The van der Waals surface area contributed by atoms with Crippen LogP contribution in [0.25, 0.3) is 44.5 Å². The van der Waals surface area contributed by atoms with E-state index in [1.165, 1.54) is 16.7 Å². The first-order valence-corrected chi connectivity index (χ1v) is 24.6. The third-order valence-corrected chi connectivity index (χ3v) is 15.3. The summed E-state index contributed by atoms with van der Waals surface area (Å²) in [7, 11) is 2.63. The van der Waals surface area contributed by atoms with Crippen LogP contribution in [0.15, 0.2) is 194 Å². The summed E-state index contributed by atoms with van der Waals surface area (Å²) in [5, 5.41) is 38.1. The number of carboxylic acid groups (broad SMARTS) is 4. The van der Waals surface area contributed by atoms with Gasteiger partial charge in [-0.25, -0.2) is 19.2 Å². The lowest BCUT2D eigenvalue weighted by molar-refractivity contribution is 0.0318. The second-order valence-corrected chi connectivity index (χ2v) is 20.7. The highest BCUT2D eigenvalue weighted by Gasteiger charge is 2.58. The molecular formula is C63H55O8P. The Bertz CT molecular complexity index is 3130. The van der Waals surface area contributed by atoms with Crippen LogP contribution in [0, 0.1) is 5.92 Å². The Morgan fingerprint density at radius 1 is 0.361 bits per heavy atom. The fourth-order valence-corrected chi connectivity index (χ4v) is 12.1. The summed E-state index contributed by atoms with van der Waals surface area (Å²) in [5.74, 6) is -3.22. The molecule has 360 valence electrons. The van der Waals surface area contributed by atoms with Gasteiger partial charge in [-0.3, -0.25) is 0 Å². The van der Waals surface area contributed by atoms with Gasteiger partial charge in [0, 0.05) is 0 Å². The second kappa shape index (κ2) is 20.1. The van der Waals surface area contributed by atoms with Crippen LogP contribution < -0.4 is 5.30 Å². The predicted octanol–water partition coefficient (Wildman–Crippen LogP) is 14.1. The molecule has 10 rings (SSSR count). The van der Waals surface area contributed by atoms with Gasteiger partial charge in [0.1, 0.15) is 0 Å². The highest BCUT2D eigenvalue weighted by atomic mass is 31.0. The van der Waals surface area contributed by atoms with E-state index in [-0.39, 0.29) is 32.9 Å². The Hall–Kier alpha value is -7.93. The van der Waals surface area contributed by atoms with Crippen LogP contribution >= 0.6 is 9.24 Å². The van der Waals surface area contributed by atoms with Crippen molar-refractivity contribution in [2.75, 3.05) is 0 Å². The van der Waals surface area contributed by atoms with Gasteiger partial charge in [-0.15, -0.1) is 9.24 Å². The molecule has 0 amide bonds. The molecule has 0 saturated heterocycles. The summed E-state index contributed by atoms with van der Waals surface area (Å²) in [6.07, 6.45) is 5.13. The minimum Gasteiger partial charge on any atom is -0.478 e. The molecule has 0 radical (unpaired) electrons. The standard InChI is InChI=1S/C50H44O6.C13H11O2P/c1-32-27-49(43-23-17-37(18-24-43)34-5-11-40(12-6-34)46(53)54)29-48(2,42-21-15-36(16-22-42)33-3-9-39(10-4-33)45(51)52)30-50(28-32,31-49)44-25-19-38(20-26-44)35-7-13-41(14-8-35)47(55)56;14-13(15)11-3-1-9(2-4-11)10-5-7-12(16)8-6-10/h3-26,32H,27-31H2,1-2H3,(H,51,52)(H,53,54)(H,55,56);1-8H,16H2,(H,14,15). The maximum Gasteiger partial charge on any atom is 0.335 e. The highest BCUT2D eigenvalue weighted by Crippen LogP contribution is 2.64. The fourth-order valence-electron chi connectivity index (χ4n) is 11.9. The Labute approximate surface area is 421 Å². The first-order valence-electron chi connectivity index (χ1n) is 24.0. The van der Waals surface area contributed by atoms with Gasteiger partial charge < -0.3 is 20.4 Å². The molecule has 2 bridgehead atoms. The Kier molecular flexibility index (Phi) is 13.7. The lowest BCUT2D eigenvalue weighted by Crippen LogP contribution is -2.55. The second-order valence-electron chi connectivity index (χ2n) is 20.0. The molecule has 0 spiro atoms. The van der Waals surface area contributed by atoms with Crippen LogP contribution in [0.3, 0.4) is 0 Å². The Balaban J connectivity index is 0.000000339. The van der Waals surface area contributed by atoms with Crippen LogP contribution in [-0.4, -0.2) is 44.3 Å². The third kappa shape index (κ3) is 10.3. The Morgan fingerprint density at radius 2 is 0.583 bits per heavy atom. The minimum atomic E-state index is -0.937. The van der Waals surface area contributed by atoms with Gasteiger partial charge >= 0.3 is 23.9 Å². The number of carbonyl (C=O) groups is 4. The van der Waals surface area contributed by atoms with E-state index in [0.29, 0.717) is 11.5 Å². The number of hydrogen-bond acceptors (Lipinski definition) is 4. The van der Waals surface area contributed by atoms with Gasteiger partial charge in [-0.1, -0.05) is 159 Å². The predicted molar refractivity (Wildman–Crippen MR) is 288 cm³/mol. The number of rotatable bonds is 11. The number of carboxylic acids is 4. The minimum absolute atomic E-state index is 0.104. The number of aromatic carboxylic acids is 4. The maximum absolute atomic E-state index is 11.5. The average Bonchev–Trinajstić information content (AvgIpc) is 3.39. The summed E-state index contributed by atoms with van der Waals surface area (Å²) < 4.78 is 0. The van der Waals surface area contributed by atoms with E-state index in [4.69, 9.17) is 5.11 Å².